The topological polar surface area (TPSA) is 49.4 Å². The smallest absolute Gasteiger partial charge is 0.251 e. The molecule has 1 N–H and O–H groups in total. The number of carbonyl (C=O) groups excluding carboxylic acids is 2. The summed E-state index contributed by atoms with van der Waals surface area (Å²) < 4.78 is 0. The average Bonchev–Trinajstić information content (AvgIpc) is 3.19. The predicted molar refractivity (Wildman–Crippen MR) is 105 cm³/mol. The highest BCUT2D eigenvalue weighted by Crippen LogP contribution is 2.19. The molecular weight excluding hydrogens is 344 g/mol. The van der Waals surface area contributed by atoms with E-state index in [1.54, 1.807) is 35.4 Å². The molecule has 2 aromatic carbocycles. The molecular formula is C21H20N2O2S. The van der Waals surface area contributed by atoms with E-state index in [4.69, 9.17) is 0 Å². The fourth-order valence-electron chi connectivity index (χ4n) is 2.56. The first kappa shape index (κ1) is 17.9. The van der Waals surface area contributed by atoms with Crippen molar-refractivity contribution < 1.29 is 9.59 Å². The van der Waals surface area contributed by atoms with Gasteiger partial charge in [0.15, 0.2) is 0 Å². The van der Waals surface area contributed by atoms with Crippen molar-refractivity contribution in [2.24, 2.45) is 0 Å². The van der Waals surface area contributed by atoms with Crippen molar-refractivity contribution in [3.05, 3.63) is 82.6 Å². The van der Waals surface area contributed by atoms with Crippen molar-refractivity contribution >= 4 is 23.2 Å². The fraction of sp³-hybridized carbons (Fsp3) is 0.143. The molecule has 1 aromatic heterocycles. The van der Waals surface area contributed by atoms with Gasteiger partial charge in [-0.25, -0.2) is 0 Å². The van der Waals surface area contributed by atoms with E-state index < -0.39 is 0 Å². The van der Waals surface area contributed by atoms with Crippen LogP contribution in [0, 0.1) is 0 Å². The third-order valence-corrected chi connectivity index (χ3v) is 4.91. The number of carbonyl (C=O) groups is 2. The summed E-state index contributed by atoms with van der Waals surface area (Å²) in [5, 5.41) is 4.67. The van der Waals surface area contributed by atoms with E-state index in [-0.39, 0.29) is 18.4 Å². The normalized spacial score (nSPS) is 10.3. The maximum atomic E-state index is 12.3. The monoisotopic (exact) mass is 364 g/mol. The van der Waals surface area contributed by atoms with E-state index in [1.165, 1.54) is 0 Å². The molecule has 0 aliphatic rings. The van der Waals surface area contributed by atoms with Gasteiger partial charge in [-0.15, -0.1) is 11.3 Å². The molecule has 0 spiro atoms. The molecule has 0 saturated carbocycles. The average molecular weight is 364 g/mol. The predicted octanol–water partition coefficient (Wildman–Crippen LogP) is 3.80. The van der Waals surface area contributed by atoms with Gasteiger partial charge in [0.2, 0.25) is 5.91 Å². The van der Waals surface area contributed by atoms with E-state index >= 15 is 0 Å². The SMILES string of the molecule is CN(Cc1cccs1)C(=O)CNC(=O)c1ccc(-c2ccccc2)cc1. The Morgan fingerprint density at radius 1 is 0.923 bits per heavy atom. The number of hydrogen-bond donors (Lipinski definition) is 1. The Labute approximate surface area is 157 Å². The lowest BCUT2D eigenvalue weighted by Crippen LogP contribution is -2.37. The Kier molecular flexibility index (Phi) is 5.81. The fourth-order valence-corrected chi connectivity index (χ4v) is 3.32. The largest absolute Gasteiger partial charge is 0.343 e. The second-order valence-corrected chi connectivity index (χ2v) is 6.99. The lowest BCUT2D eigenvalue weighted by atomic mass is 10.0. The zero-order valence-corrected chi connectivity index (χ0v) is 15.3. The highest BCUT2D eigenvalue weighted by molar-refractivity contribution is 7.09. The van der Waals surface area contributed by atoms with E-state index in [9.17, 15) is 9.59 Å². The highest BCUT2D eigenvalue weighted by atomic mass is 32.1. The molecule has 1 heterocycles. The number of rotatable bonds is 6. The molecule has 0 radical (unpaired) electrons. The van der Waals surface area contributed by atoms with Crippen LogP contribution in [0.25, 0.3) is 11.1 Å². The molecule has 0 bridgehead atoms. The van der Waals surface area contributed by atoms with Gasteiger partial charge in [-0.05, 0) is 34.7 Å². The maximum absolute atomic E-state index is 12.3. The van der Waals surface area contributed by atoms with Gasteiger partial charge in [0, 0.05) is 17.5 Å². The van der Waals surface area contributed by atoms with E-state index in [1.807, 2.05) is 60.0 Å². The number of hydrogen-bond acceptors (Lipinski definition) is 3. The van der Waals surface area contributed by atoms with Crippen molar-refractivity contribution in [2.75, 3.05) is 13.6 Å². The van der Waals surface area contributed by atoms with E-state index in [0.29, 0.717) is 12.1 Å². The lowest BCUT2D eigenvalue weighted by molar-refractivity contribution is -0.129. The summed E-state index contributed by atoms with van der Waals surface area (Å²) in [6.45, 7) is 0.541. The molecule has 0 saturated heterocycles. The summed E-state index contributed by atoms with van der Waals surface area (Å²) >= 11 is 1.61. The van der Waals surface area contributed by atoms with Gasteiger partial charge in [-0.2, -0.15) is 0 Å². The molecule has 0 fully saturated rings. The lowest BCUT2D eigenvalue weighted by Gasteiger charge is -2.16. The van der Waals surface area contributed by atoms with E-state index in [2.05, 4.69) is 5.32 Å². The van der Waals surface area contributed by atoms with E-state index in [0.717, 1.165) is 16.0 Å². The van der Waals surface area contributed by atoms with Crippen molar-refractivity contribution in [3.8, 4) is 11.1 Å². The second kappa shape index (κ2) is 8.45. The molecule has 3 aromatic rings. The van der Waals surface area contributed by atoms with Gasteiger partial charge in [-0.1, -0.05) is 48.5 Å². The quantitative estimate of drug-likeness (QED) is 0.723. The minimum atomic E-state index is -0.248. The summed E-state index contributed by atoms with van der Waals surface area (Å²) in [5.74, 6) is -0.366. The molecule has 5 heteroatoms. The Morgan fingerprint density at radius 3 is 2.27 bits per heavy atom. The Bertz CT molecular complexity index is 859. The number of nitrogens with zero attached hydrogens (tertiary/aromatic N) is 1. The molecule has 0 atom stereocenters. The van der Waals surface area contributed by atoms with Gasteiger partial charge in [0.05, 0.1) is 13.1 Å². The third-order valence-electron chi connectivity index (χ3n) is 4.05. The van der Waals surface area contributed by atoms with Gasteiger partial charge < -0.3 is 10.2 Å². The van der Waals surface area contributed by atoms with Crippen LogP contribution in [0.4, 0.5) is 0 Å². The molecule has 26 heavy (non-hydrogen) atoms. The number of nitrogens with one attached hydrogen (secondary N) is 1. The van der Waals surface area contributed by atoms with Crippen LogP contribution in [0.5, 0.6) is 0 Å². The standard InChI is InChI=1S/C21H20N2O2S/c1-23(15-19-8-5-13-26-19)20(24)14-22-21(25)18-11-9-17(10-12-18)16-6-3-2-4-7-16/h2-13H,14-15H2,1H3,(H,22,25). The zero-order chi connectivity index (χ0) is 18.4. The molecule has 0 aliphatic heterocycles. The van der Waals surface area contributed by atoms with Crippen molar-refractivity contribution in [2.45, 2.75) is 6.54 Å². The van der Waals surface area contributed by atoms with Crippen LogP contribution < -0.4 is 5.32 Å². The molecule has 0 unspecified atom stereocenters. The van der Waals surface area contributed by atoms with Gasteiger partial charge in [0.1, 0.15) is 0 Å². The van der Waals surface area contributed by atoms with Crippen LogP contribution in [0.1, 0.15) is 15.2 Å². The van der Waals surface area contributed by atoms with Crippen LogP contribution >= 0.6 is 11.3 Å². The third kappa shape index (κ3) is 4.58. The molecule has 2 amide bonds. The minimum Gasteiger partial charge on any atom is -0.343 e. The summed E-state index contributed by atoms with van der Waals surface area (Å²) in [6, 6.07) is 21.3. The summed E-state index contributed by atoms with van der Waals surface area (Å²) in [4.78, 5) is 27.1. The summed E-state index contributed by atoms with van der Waals surface area (Å²) in [5.41, 5.74) is 2.69. The highest BCUT2D eigenvalue weighted by Gasteiger charge is 2.12. The van der Waals surface area contributed by atoms with Gasteiger partial charge >= 0.3 is 0 Å². The zero-order valence-electron chi connectivity index (χ0n) is 14.5. The van der Waals surface area contributed by atoms with Crippen LogP contribution in [-0.2, 0) is 11.3 Å². The number of thiophene rings is 1. The van der Waals surface area contributed by atoms with Crippen LogP contribution in [0.3, 0.4) is 0 Å². The van der Waals surface area contributed by atoms with Crippen LogP contribution in [0.2, 0.25) is 0 Å². The molecule has 3 rings (SSSR count). The number of likely N-dealkylation sites (N-methyl/N-ethyl adjacent to an activating group) is 1. The maximum Gasteiger partial charge on any atom is 0.251 e. The first-order chi connectivity index (χ1) is 12.6. The Balaban J connectivity index is 1.54. The first-order valence-electron chi connectivity index (χ1n) is 8.33. The number of amides is 2. The summed E-state index contributed by atoms with van der Waals surface area (Å²) in [6.07, 6.45) is 0. The number of benzene rings is 2. The van der Waals surface area contributed by atoms with Crippen molar-refractivity contribution in [1.29, 1.82) is 0 Å². The first-order valence-corrected chi connectivity index (χ1v) is 9.21. The second-order valence-electron chi connectivity index (χ2n) is 5.96. The van der Waals surface area contributed by atoms with Crippen LogP contribution in [-0.4, -0.2) is 30.3 Å². The van der Waals surface area contributed by atoms with Crippen molar-refractivity contribution in [1.82, 2.24) is 10.2 Å². The minimum absolute atomic E-state index is 0.0128. The van der Waals surface area contributed by atoms with Crippen LogP contribution in [0.15, 0.2) is 72.1 Å². The molecule has 0 aliphatic carbocycles. The molecule has 4 nitrogen and oxygen atoms in total. The van der Waals surface area contributed by atoms with Gasteiger partial charge in [-0.3, -0.25) is 9.59 Å². The van der Waals surface area contributed by atoms with Crippen molar-refractivity contribution in [3.63, 3.8) is 0 Å². The molecule has 132 valence electrons. The summed E-state index contributed by atoms with van der Waals surface area (Å²) in [7, 11) is 1.74. The Morgan fingerprint density at radius 2 is 1.62 bits per heavy atom. The van der Waals surface area contributed by atoms with Gasteiger partial charge in [0.25, 0.3) is 5.91 Å². The Hall–Kier alpha value is -2.92.